The Morgan fingerprint density at radius 1 is 1.47 bits per heavy atom. The molecule has 17 heavy (non-hydrogen) atoms. The van der Waals surface area contributed by atoms with Crippen LogP contribution in [0, 0.1) is 12.3 Å². The molecule has 0 saturated heterocycles. The second kappa shape index (κ2) is 4.97. The van der Waals surface area contributed by atoms with Crippen molar-refractivity contribution in [1.29, 1.82) is 5.41 Å². The van der Waals surface area contributed by atoms with Crippen LogP contribution in [0.4, 0.5) is 10.5 Å². The number of carbonyl (C=O) groups excluding carboxylic acids is 1. The zero-order valence-electron chi connectivity index (χ0n) is 10.6. The average molecular weight is 236 g/mol. The third-order valence-corrected chi connectivity index (χ3v) is 2.53. The van der Waals surface area contributed by atoms with E-state index in [1.807, 2.05) is 27.1 Å². The first-order chi connectivity index (χ1) is 7.90. The van der Waals surface area contributed by atoms with Crippen LogP contribution in [0.15, 0.2) is 18.2 Å². The molecule has 1 amide bonds. The molecule has 0 heterocycles. The number of ether oxygens (including phenoxy) is 1. The first kappa shape index (κ1) is 13.2. The second-order valence-electron chi connectivity index (χ2n) is 4.26. The monoisotopic (exact) mass is 236 g/mol. The number of hydrogen-bond acceptors (Lipinski definition) is 3. The van der Waals surface area contributed by atoms with E-state index in [0.717, 1.165) is 11.3 Å². The molecule has 0 bridgehead atoms. The zero-order chi connectivity index (χ0) is 13.1. The maximum Gasteiger partial charge on any atom is 0.412 e. The molecule has 5 heteroatoms. The third kappa shape index (κ3) is 3.04. The standard InChI is InChI=1S/C12H17N3O2/c1-9-7-10(17-12(16)14-2)5-6-11(9)15(3,4)8-13/h5-8,13H,1-4H3/p+1. The van der Waals surface area contributed by atoms with Crippen molar-refractivity contribution in [1.82, 2.24) is 9.80 Å². The number of nitrogens with zero attached hydrogens (tertiary/aromatic N) is 1. The second-order valence-corrected chi connectivity index (χ2v) is 4.26. The first-order valence-corrected chi connectivity index (χ1v) is 5.27. The van der Waals surface area contributed by atoms with E-state index in [-0.39, 0.29) is 0 Å². The Hall–Kier alpha value is -1.88. The van der Waals surface area contributed by atoms with Crippen molar-refractivity contribution in [3.8, 4) is 5.75 Å². The summed E-state index contributed by atoms with van der Waals surface area (Å²) in [5.41, 5.74) is 1.96. The summed E-state index contributed by atoms with van der Waals surface area (Å²) in [6.07, 6.45) is 0.861. The fourth-order valence-electron chi connectivity index (χ4n) is 1.57. The number of aryl methyl sites for hydroxylation is 1. The van der Waals surface area contributed by atoms with Crippen LogP contribution in [0.1, 0.15) is 5.56 Å². The molecule has 1 aromatic rings. The first-order valence-electron chi connectivity index (χ1n) is 5.27. The van der Waals surface area contributed by atoms with Crippen LogP contribution in [0.5, 0.6) is 5.75 Å². The predicted octanol–water partition coefficient (Wildman–Crippen LogP) is 1.89. The zero-order valence-corrected chi connectivity index (χ0v) is 10.6. The van der Waals surface area contributed by atoms with E-state index in [9.17, 15) is 4.79 Å². The van der Waals surface area contributed by atoms with Gasteiger partial charge in [-0.3, -0.25) is 9.89 Å². The summed E-state index contributed by atoms with van der Waals surface area (Å²) in [5, 5.41) is 9.78. The van der Waals surface area contributed by atoms with Crippen molar-refractivity contribution in [3.05, 3.63) is 23.8 Å². The molecule has 0 saturated carbocycles. The normalized spacial score (nSPS) is 10.8. The number of carbonyl (C=O) groups is 1. The van der Waals surface area contributed by atoms with E-state index >= 15 is 0 Å². The van der Waals surface area contributed by atoms with Gasteiger partial charge in [0.05, 0.1) is 14.1 Å². The fourth-order valence-corrected chi connectivity index (χ4v) is 1.57. The molecular formula is C12H18N3O2+. The van der Waals surface area contributed by atoms with Gasteiger partial charge in [0.2, 0.25) is 0 Å². The van der Waals surface area contributed by atoms with Gasteiger partial charge in [-0.15, -0.1) is 0 Å². The Morgan fingerprint density at radius 3 is 2.59 bits per heavy atom. The molecule has 0 radical (unpaired) electrons. The summed E-state index contributed by atoms with van der Waals surface area (Å²) in [4.78, 5) is 11.1. The molecule has 0 atom stereocenters. The van der Waals surface area contributed by atoms with Gasteiger partial charge in [-0.1, -0.05) is 0 Å². The van der Waals surface area contributed by atoms with E-state index in [2.05, 4.69) is 5.32 Å². The number of quaternary nitrogens is 1. The van der Waals surface area contributed by atoms with Crippen molar-refractivity contribution in [2.75, 3.05) is 21.1 Å². The van der Waals surface area contributed by atoms with Crippen molar-refractivity contribution in [2.24, 2.45) is 0 Å². The van der Waals surface area contributed by atoms with E-state index in [0.29, 0.717) is 10.2 Å². The van der Waals surface area contributed by atoms with Gasteiger partial charge in [0.15, 0.2) is 6.34 Å². The molecular weight excluding hydrogens is 218 g/mol. The molecule has 0 aliphatic rings. The van der Waals surface area contributed by atoms with Crippen molar-refractivity contribution >= 4 is 18.1 Å². The van der Waals surface area contributed by atoms with E-state index in [1.165, 1.54) is 13.4 Å². The lowest BCUT2D eigenvalue weighted by Crippen LogP contribution is -2.38. The molecule has 1 aromatic carbocycles. The Labute approximate surface area is 101 Å². The van der Waals surface area contributed by atoms with Gasteiger partial charge < -0.3 is 10.1 Å². The third-order valence-electron chi connectivity index (χ3n) is 2.53. The lowest BCUT2D eigenvalue weighted by Gasteiger charge is -2.24. The van der Waals surface area contributed by atoms with Crippen molar-refractivity contribution in [3.63, 3.8) is 0 Å². The van der Waals surface area contributed by atoms with Crippen molar-refractivity contribution in [2.45, 2.75) is 6.92 Å². The largest absolute Gasteiger partial charge is 0.412 e. The van der Waals surface area contributed by atoms with Gasteiger partial charge >= 0.3 is 6.09 Å². The Bertz CT molecular complexity index is 441. The summed E-state index contributed by atoms with van der Waals surface area (Å²) >= 11 is 0. The minimum Gasteiger partial charge on any atom is -0.410 e. The Kier molecular flexibility index (Phi) is 3.85. The maximum atomic E-state index is 11.1. The highest BCUT2D eigenvalue weighted by Crippen LogP contribution is 2.26. The van der Waals surface area contributed by atoms with Crippen LogP contribution >= 0.6 is 0 Å². The quantitative estimate of drug-likeness (QED) is 0.478. The van der Waals surface area contributed by atoms with E-state index in [1.54, 1.807) is 12.1 Å². The molecule has 5 nitrogen and oxygen atoms in total. The van der Waals surface area contributed by atoms with Crippen LogP contribution in [0.3, 0.4) is 0 Å². The highest BCUT2D eigenvalue weighted by molar-refractivity contribution is 5.74. The number of benzene rings is 1. The Morgan fingerprint density at radius 2 is 2.12 bits per heavy atom. The summed E-state index contributed by atoms with van der Waals surface area (Å²) < 4.78 is 5.38. The van der Waals surface area contributed by atoms with Crippen molar-refractivity contribution < 1.29 is 9.53 Å². The molecule has 0 fully saturated rings. The summed E-state index contributed by atoms with van der Waals surface area (Å²) in [6.45, 7) is 1.93. The number of hydrogen-bond donors (Lipinski definition) is 2. The van der Waals surface area contributed by atoms with Gasteiger partial charge in [-0.2, -0.15) is 0 Å². The average Bonchev–Trinajstić information content (AvgIpc) is 2.28. The highest BCUT2D eigenvalue weighted by atomic mass is 16.5. The lowest BCUT2D eigenvalue weighted by atomic mass is 10.1. The summed E-state index contributed by atoms with van der Waals surface area (Å²) in [6, 6.07) is 5.37. The van der Waals surface area contributed by atoms with Crippen LogP contribution in [-0.2, 0) is 0 Å². The molecule has 2 N–H and O–H groups in total. The SMILES string of the molecule is CNC(=O)Oc1ccc([N+](C)(C)C=N)c(C)c1. The summed E-state index contributed by atoms with van der Waals surface area (Å²) in [7, 11) is 5.34. The predicted molar refractivity (Wildman–Crippen MR) is 68.7 cm³/mol. The minimum absolute atomic E-state index is 0.353. The van der Waals surface area contributed by atoms with Crippen LogP contribution in [0.25, 0.3) is 0 Å². The number of amides is 1. The van der Waals surface area contributed by atoms with E-state index in [4.69, 9.17) is 10.1 Å². The molecule has 0 unspecified atom stereocenters. The van der Waals surface area contributed by atoms with Crippen LogP contribution in [0.2, 0.25) is 0 Å². The molecule has 0 aromatic heterocycles. The smallest absolute Gasteiger partial charge is 0.410 e. The topological polar surface area (TPSA) is 62.2 Å². The maximum absolute atomic E-state index is 11.1. The van der Waals surface area contributed by atoms with Crippen LogP contribution in [-0.4, -0.2) is 33.6 Å². The molecule has 0 spiro atoms. The number of nitrogens with one attached hydrogen (secondary N) is 2. The Balaban J connectivity index is 3.02. The van der Waals surface area contributed by atoms with Gasteiger partial charge in [-0.05, 0) is 19.1 Å². The lowest BCUT2D eigenvalue weighted by molar-refractivity contribution is 0.203. The van der Waals surface area contributed by atoms with Gasteiger partial charge in [0, 0.05) is 18.7 Å². The summed E-state index contributed by atoms with van der Waals surface area (Å²) in [5.74, 6) is 0.496. The number of rotatable bonds is 3. The van der Waals surface area contributed by atoms with Crippen LogP contribution < -0.4 is 14.5 Å². The molecule has 0 aliphatic carbocycles. The minimum atomic E-state index is -0.488. The molecule has 92 valence electrons. The van der Waals surface area contributed by atoms with Gasteiger partial charge in [0.25, 0.3) is 0 Å². The van der Waals surface area contributed by atoms with Gasteiger partial charge in [0.1, 0.15) is 11.4 Å². The fraction of sp³-hybridized carbons (Fsp3) is 0.333. The molecule has 0 aliphatic heterocycles. The molecule has 1 rings (SSSR count). The van der Waals surface area contributed by atoms with Gasteiger partial charge in [-0.25, -0.2) is 4.79 Å². The van der Waals surface area contributed by atoms with E-state index < -0.39 is 6.09 Å². The highest BCUT2D eigenvalue weighted by Gasteiger charge is 2.19.